The van der Waals surface area contributed by atoms with Crippen LogP contribution in [0.3, 0.4) is 0 Å². The zero-order valence-corrected chi connectivity index (χ0v) is 12.6. The molecule has 0 aromatic carbocycles. The summed E-state index contributed by atoms with van der Waals surface area (Å²) in [4.78, 5) is 14.8. The summed E-state index contributed by atoms with van der Waals surface area (Å²) >= 11 is 0. The van der Waals surface area contributed by atoms with E-state index in [1.165, 1.54) is 0 Å². The van der Waals surface area contributed by atoms with Crippen LogP contribution in [0.5, 0.6) is 0 Å². The normalized spacial score (nSPS) is 29.4. The molecule has 1 saturated carbocycles. The van der Waals surface area contributed by atoms with E-state index in [1.807, 2.05) is 25.7 Å². The van der Waals surface area contributed by atoms with Crippen molar-refractivity contribution in [3.8, 4) is 0 Å². The summed E-state index contributed by atoms with van der Waals surface area (Å²) in [6, 6.07) is 0. The SMILES string of the molecule is CC1CN(C(=O)C2(C(N)=NO)CCCC2)CC(C)(C)O1. The number of amides is 1. The summed E-state index contributed by atoms with van der Waals surface area (Å²) in [6.45, 7) is 7.02. The zero-order valence-electron chi connectivity index (χ0n) is 12.6. The largest absolute Gasteiger partial charge is 0.409 e. The minimum Gasteiger partial charge on any atom is -0.409 e. The zero-order chi connectivity index (χ0) is 15.0. The van der Waals surface area contributed by atoms with Crippen molar-refractivity contribution >= 4 is 11.7 Å². The van der Waals surface area contributed by atoms with Gasteiger partial charge in [-0.05, 0) is 33.6 Å². The van der Waals surface area contributed by atoms with Gasteiger partial charge in [0.1, 0.15) is 5.41 Å². The molecule has 1 saturated heterocycles. The van der Waals surface area contributed by atoms with E-state index >= 15 is 0 Å². The maximum Gasteiger partial charge on any atom is 0.236 e. The van der Waals surface area contributed by atoms with Crippen molar-refractivity contribution in [1.29, 1.82) is 0 Å². The van der Waals surface area contributed by atoms with Crippen LogP contribution in [0.15, 0.2) is 5.16 Å². The number of amidine groups is 1. The summed E-state index contributed by atoms with van der Waals surface area (Å²) in [5, 5.41) is 12.2. The molecule has 0 bridgehead atoms. The average Bonchev–Trinajstić information content (AvgIpc) is 2.85. The molecule has 0 radical (unpaired) electrons. The third-order valence-corrected chi connectivity index (χ3v) is 4.32. The van der Waals surface area contributed by atoms with E-state index < -0.39 is 5.41 Å². The van der Waals surface area contributed by atoms with Crippen molar-refractivity contribution in [3.63, 3.8) is 0 Å². The number of ether oxygens (including phenoxy) is 1. The van der Waals surface area contributed by atoms with Gasteiger partial charge in [-0.15, -0.1) is 0 Å². The van der Waals surface area contributed by atoms with E-state index in [9.17, 15) is 4.79 Å². The Labute approximate surface area is 119 Å². The van der Waals surface area contributed by atoms with Crippen LogP contribution < -0.4 is 5.73 Å². The van der Waals surface area contributed by atoms with Crippen LogP contribution in [0.2, 0.25) is 0 Å². The monoisotopic (exact) mass is 283 g/mol. The molecular weight excluding hydrogens is 258 g/mol. The highest BCUT2D eigenvalue weighted by Crippen LogP contribution is 2.41. The van der Waals surface area contributed by atoms with Crippen molar-refractivity contribution in [2.75, 3.05) is 13.1 Å². The van der Waals surface area contributed by atoms with Gasteiger partial charge in [-0.2, -0.15) is 0 Å². The van der Waals surface area contributed by atoms with Gasteiger partial charge in [0.2, 0.25) is 5.91 Å². The van der Waals surface area contributed by atoms with Crippen LogP contribution in [-0.4, -0.2) is 46.6 Å². The van der Waals surface area contributed by atoms with Gasteiger partial charge >= 0.3 is 0 Å². The van der Waals surface area contributed by atoms with Gasteiger partial charge in [-0.3, -0.25) is 4.79 Å². The molecule has 1 aliphatic carbocycles. The summed E-state index contributed by atoms with van der Waals surface area (Å²) < 4.78 is 5.83. The molecule has 2 fully saturated rings. The molecular formula is C14H25N3O3. The molecule has 1 unspecified atom stereocenters. The molecule has 114 valence electrons. The Balaban J connectivity index is 2.24. The fraction of sp³-hybridized carbons (Fsp3) is 0.857. The number of nitrogens with zero attached hydrogens (tertiary/aromatic N) is 2. The molecule has 1 amide bonds. The van der Waals surface area contributed by atoms with Crippen molar-refractivity contribution < 1.29 is 14.7 Å². The highest BCUT2D eigenvalue weighted by Gasteiger charge is 2.49. The number of hydrogen-bond acceptors (Lipinski definition) is 4. The highest BCUT2D eigenvalue weighted by atomic mass is 16.5. The number of rotatable bonds is 2. The Bertz CT molecular complexity index is 414. The lowest BCUT2D eigenvalue weighted by Gasteiger charge is -2.44. The van der Waals surface area contributed by atoms with E-state index in [2.05, 4.69) is 5.16 Å². The summed E-state index contributed by atoms with van der Waals surface area (Å²) in [5.41, 5.74) is 4.66. The molecule has 0 aromatic rings. The summed E-state index contributed by atoms with van der Waals surface area (Å²) in [6.07, 6.45) is 3.19. The minimum absolute atomic E-state index is 0.00607. The van der Waals surface area contributed by atoms with Gasteiger partial charge in [-0.25, -0.2) is 0 Å². The Kier molecular flexibility index (Phi) is 3.95. The van der Waals surface area contributed by atoms with E-state index in [1.54, 1.807) is 0 Å². The number of carbonyl (C=O) groups is 1. The molecule has 0 aromatic heterocycles. The van der Waals surface area contributed by atoms with Gasteiger partial charge in [-0.1, -0.05) is 18.0 Å². The van der Waals surface area contributed by atoms with E-state index in [0.717, 1.165) is 12.8 Å². The Morgan fingerprint density at radius 3 is 2.50 bits per heavy atom. The molecule has 1 aliphatic heterocycles. The van der Waals surface area contributed by atoms with E-state index in [0.29, 0.717) is 25.9 Å². The second kappa shape index (κ2) is 5.24. The van der Waals surface area contributed by atoms with Crippen molar-refractivity contribution in [2.24, 2.45) is 16.3 Å². The lowest BCUT2D eigenvalue weighted by atomic mass is 9.82. The van der Waals surface area contributed by atoms with Crippen LogP contribution in [0.4, 0.5) is 0 Å². The number of nitrogens with two attached hydrogens (primary N) is 1. The lowest BCUT2D eigenvalue weighted by Crippen LogP contribution is -2.59. The number of morpholine rings is 1. The van der Waals surface area contributed by atoms with Crippen LogP contribution in [0.1, 0.15) is 46.5 Å². The molecule has 1 heterocycles. The summed E-state index contributed by atoms with van der Waals surface area (Å²) in [7, 11) is 0. The topological polar surface area (TPSA) is 88.2 Å². The Morgan fingerprint density at radius 1 is 1.40 bits per heavy atom. The molecule has 6 nitrogen and oxygen atoms in total. The van der Waals surface area contributed by atoms with Crippen LogP contribution in [0.25, 0.3) is 0 Å². The van der Waals surface area contributed by atoms with Gasteiger partial charge in [0.05, 0.1) is 11.7 Å². The minimum atomic E-state index is -0.818. The third kappa shape index (κ3) is 2.61. The predicted octanol–water partition coefficient (Wildman–Crippen LogP) is 1.32. The van der Waals surface area contributed by atoms with Gasteiger partial charge in [0, 0.05) is 13.1 Å². The maximum atomic E-state index is 13.0. The first-order valence-electron chi connectivity index (χ1n) is 7.26. The highest BCUT2D eigenvalue weighted by molar-refractivity contribution is 6.07. The first-order chi connectivity index (χ1) is 9.31. The molecule has 0 spiro atoms. The quantitative estimate of drug-likeness (QED) is 0.346. The van der Waals surface area contributed by atoms with Gasteiger partial charge in [0.15, 0.2) is 5.84 Å². The third-order valence-electron chi connectivity index (χ3n) is 4.32. The Morgan fingerprint density at radius 2 is 2.00 bits per heavy atom. The smallest absolute Gasteiger partial charge is 0.236 e. The second-order valence-electron chi connectivity index (χ2n) is 6.65. The fourth-order valence-corrected chi connectivity index (χ4v) is 3.56. The second-order valence-corrected chi connectivity index (χ2v) is 6.65. The van der Waals surface area contributed by atoms with E-state index in [4.69, 9.17) is 15.7 Å². The number of carbonyl (C=O) groups excluding carboxylic acids is 1. The molecule has 6 heteroatoms. The first-order valence-corrected chi connectivity index (χ1v) is 7.26. The van der Waals surface area contributed by atoms with Gasteiger partial charge < -0.3 is 20.6 Å². The first kappa shape index (κ1) is 15.1. The van der Waals surface area contributed by atoms with Crippen LogP contribution in [0, 0.1) is 5.41 Å². The standard InChI is InChI=1S/C14H25N3O3/c1-10-8-17(9-13(2,3)20-10)12(18)14(11(15)16-19)6-4-5-7-14/h10,19H,4-9H2,1-3H3,(H2,15,16). The van der Waals surface area contributed by atoms with Crippen molar-refractivity contribution in [2.45, 2.75) is 58.2 Å². The maximum absolute atomic E-state index is 13.0. The molecule has 20 heavy (non-hydrogen) atoms. The predicted molar refractivity (Wildman–Crippen MR) is 75.5 cm³/mol. The van der Waals surface area contributed by atoms with Crippen molar-refractivity contribution in [1.82, 2.24) is 4.90 Å². The van der Waals surface area contributed by atoms with Gasteiger partial charge in [0.25, 0.3) is 0 Å². The fourth-order valence-electron chi connectivity index (χ4n) is 3.56. The average molecular weight is 283 g/mol. The summed E-state index contributed by atoms with van der Waals surface area (Å²) in [5.74, 6) is 0.0328. The lowest BCUT2D eigenvalue weighted by molar-refractivity contribution is -0.163. The van der Waals surface area contributed by atoms with E-state index in [-0.39, 0.29) is 23.4 Å². The Hall–Kier alpha value is -1.30. The molecule has 2 rings (SSSR count). The van der Waals surface area contributed by atoms with Crippen LogP contribution in [-0.2, 0) is 9.53 Å². The number of hydrogen-bond donors (Lipinski definition) is 2. The van der Waals surface area contributed by atoms with Crippen molar-refractivity contribution in [3.05, 3.63) is 0 Å². The molecule has 3 N–H and O–H groups in total. The molecule has 2 aliphatic rings. The number of oxime groups is 1. The van der Waals surface area contributed by atoms with Crippen LogP contribution >= 0.6 is 0 Å². The molecule has 1 atom stereocenters.